The molecule has 1 aliphatic heterocycles. The second kappa shape index (κ2) is 8.51. The second-order valence-corrected chi connectivity index (χ2v) is 12.2. The number of esters is 2. The van der Waals surface area contributed by atoms with Crippen LogP contribution < -0.4 is 0 Å². The summed E-state index contributed by atoms with van der Waals surface area (Å²) in [5.74, 6) is -0.0755. The number of cyclic esters (lactones) is 1. The number of aliphatic hydroxyl groups excluding tert-OH is 1. The van der Waals surface area contributed by atoms with Crippen molar-refractivity contribution in [1.29, 1.82) is 0 Å². The molecule has 3 saturated carbocycles. The Morgan fingerprint density at radius 2 is 1.88 bits per heavy atom. The predicted octanol–water partition coefficient (Wildman–Crippen LogP) is 4.58. The van der Waals surface area contributed by atoms with Gasteiger partial charge in [-0.1, -0.05) is 34.1 Å². The molecule has 8 atom stereocenters. The quantitative estimate of drug-likeness (QED) is 0.477. The molecule has 0 aromatic heterocycles. The van der Waals surface area contributed by atoms with Crippen LogP contribution in [0.4, 0.5) is 0 Å². The molecule has 0 aromatic rings. The average Bonchev–Trinajstić information content (AvgIpc) is 3.05. The molecule has 1 N–H and O–H groups in total. The van der Waals surface area contributed by atoms with Gasteiger partial charge in [-0.3, -0.25) is 4.79 Å². The molecule has 3 aliphatic carbocycles. The summed E-state index contributed by atoms with van der Waals surface area (Å²) < 4.78 is 10.5. The Balaban J connectivity index is 1.69. The van der Waals surface area contributed by atoms with Crippen LogP contribution in [-0.2, 0) is 23.9 Å². The number of aldehydes is 1. The van der Waals surface area contributed by atoms with E-state index in [1.54, 1.807) is 0 Å². The van der Waals surface area contributed by atoms with E-state index < -0.39 is 24.3 Å². The first-order chi connectivity index (χ1) is 15.4. The predicted molar refractivity (Wildman–Crippen MR) is 123 cm³/mol. The lowest BCUT2D eigenvalue weighted by Gasteiger charge is -2.66. The van der Waals surface area contributed by atoms with Crippen LogP contribution in [0.25, 0.3) is 0 Å². The van der Waals surface area contributed by atoms with Crippen LogP contribution in [0.1, 0.15) is 86.0 Å². The van der Waals surface area contributed by atoms with Crippen LogP contribution in [0, 0.1) is 39.9 Å². The molecule has 0 aromatic carbocycles. The SMILES string of the molecule is CC(=O)O[C@H](C[C@@H]1[C@@H](C=O)CC[C@H]2[C@@]1(C)CC[C@H]1C(C)(C)CCC[C@]21C)C1=CC(=O)O[C@H]1O. The van der Waals surface area contributed by atoms with Gasteiger partial charge in [0.2, 0.25) is 6.29 Å². The largest absolute Gasteiger partial charge is 0.458 e. The molecule has 0 saturated heterocycles. The molecule has 184 valence electrons. The van der Waals surface area contributed by atoms with E-state index in [9.17, 15) is 19.5 Å². The zero-order chi connectivity index (χ0) is 24.2. The number of ether oxygens (including phenoxy) is 2. The molecule has 0 bridgehead atoms. The number of hydrogen-bond donors (Lipinski definition) is 1. The fourth-order valence-corrected chi connectivity index (χ4v) is 8.80. The molecule has 6 nitrogen and oxygen atoms in total. The summed E-state index contributed by atoms with van der Waals surface area (Å²) in [5.41, 5.74) is 0.755. The average molecular weight is 461 g/mol. The maximum atomic E-state index is 12.2. The Hall–Kier alpha value is -1.69. The third kappa shape index (κ3) is 4.06. The van der Waals surface area contributed by atoms with Gasteiger partial charge in [0, 0.05) is 24.5 Å². The van der Waals surface area contributed by atoms with Crippen LogP contribution in [-0.4, -0.2) is 35.7 Å². The molecule has 33 heavy (non-hydrogen) atoms. The summed E-state index contributed by atoms with van der Waals surface area (Å²) in [5, 5.41) is 10.3. The highest BCUT2D eigenvalue weighted by Gasteiger charge is 2.62. The molecule has 6 heteroatoms. The molecule has 0 amide bonds. The van der Waals surface area contributed by atoms with Crippen LogP contribution in [0.2, 0.25) is 0 Å². The van der Waals surface area contributed by atoms with E-state index in [2.05, 4.69) is 27.7 Å². The minimum absolute atomic E-state index is 0.00437. The fraction of sp³-hybridized carbons (Fsp3) is 0.815. The van der Waals surface area contributed by atoms with Gasteiger partial charge >= 0.3 is 11.9 Å². The van der Waals surface area contributed by atoms with E-state index in [-0.39, 0.29) is 28.2 Å². The first kappa shape index (κ1) is 24.4. The molecule has 4 aliphatic rings. The third-order valence-electron chi connectivity index (χ3n) is 10.1. The van der Waals surface area contributed by atoms with Crippen molar-refractivity contribution in [2.75, 3.05) is 0 Å². The second-order valence-electron chi connectivity index (χ2n) is 12.2. The fourth-order valence-electron chi connectivity index (χ4n) is 8.80. The molecule has 1 heterocycles. The van der Waals surface area contributed by atoms with Gasteiger partial charge in [-0.25, -0.2) is 4.79 Å². The first-order valence-electron chi connectivity index (χ1n) is 12.6. The van der Waals surface area contributed by atoms with Crippen molar-refractivity contribution in [3.8, 4) is 0 Å². The molecule has 0 unspecified atom stereocenters. The van der Waals surface area contributed by atoms with Crippen LogP contribution >= 0.6 is 0 Å². The maximum absolute atomic E-state index is 12.2. The summed E-state index contributed by atoms with van der Waals surface area (Å²) in [6, 6.07) is 0. The minimum Gasteiger partial charge on any atom is -0.458 e. The van der Waals surface area contributed by atoms with Gasteiger partial charge in [0.1, 0.15) is 12.4 Å². The van der Waals surface area contributed by atoms with Crippen molar-refractivity contribution in [3.05, 3.63) is 11.6 Å². The molecule has 0 spiro atoms. The van der Waals surface area contributed by atoms with Gasteiger partial charge < -0.3 is 19.4 Å². The molecule has 4 rings (SSSR count). The van der Waals surface area contributed by atoms with E-state index in [1.807, 2.05) is 0 Å². The zero-order valence-corrected chi connectivity index (χ0v) is 20.8. The summed E-state index contributed by atoms with van der Waals surface area (Å²) in [4.78, 5) is 35.9. The zero-order valence-electron chi connectivity index (χ0n) is 20.8. The summed E-state index contributed by atoms with van der Waals surface area (Å²) in [6.07, 6.45) is 8.34. The number of hydrogen-bond acceptors (Lipinski definition) is 6. The third-order valence-corrected chi connectivity index (χ3v) is 10.1. The van der Waals surface area contributed by atoms with E-state index in [4.69, 9.17) is 9.47 Å². The highest BCUT2D eigenvalue weighted by atomic mass is 16.6. The van der Waals surface area contributed by atoms with E-state index in [0.717, 1.165) is 32.0 Å². The highest BCUT2D eigenvalue weighted by Crippen LogP contribution is 2.69. The lowest BCUT2D eigenvalue weighted by Crippen LogP contribution is -2.59. The lowest BCUT2D eigenvalue weighted by molar-refractivity contribution is -0.182. The van der Waals surface area contributed by atoms with Crippen LogP contribution in [0.3, 0.4) is 0 Å². The van der Waals surface area contributed by atoms with Gasteiger partial charge in [0.05, 0.1) is 0 Å². The lowest BCUT2D eigenvalue weighted by atomic mass is 9.38. The number of carbonyl (C=O) groups excluding carboxylic acids is 3. The Bertz CT molecular complexity index is 846. The van der Waals surface area contributed by atoms with Crippen molar-refractivity contribution < 1.29 is 29.0 Å². The van der Waals surface area contributed by atoms with Gasteiger partial charge in [0.15, 0.2) is 0 Å². The van der Waals surface area contributed by atoms with Crippen LogP contribution in [0.15, 0.2) is 11.6 Å². The van der Waals surface area contributed by atoms with Crippen LogP contribution in [0.5, 0.6) is 0 Å². The van der Waals surface area contributed by atoms with Crippen molar-refractivity contribution in [2.24, 2.45) is 39.9 Å². The number of aliphatic hydroxyl groups is 1. The van der Waals surface area contributed by atoms with Gasteiger partial charge in [-0.15, -0.1) is 0 Å². The minimum atomic E-state index is -1.41. The maximum Gasteiger partial charge on any atom is 0.333 e. The van der Waals surface area contributed by atoms with E-state index >= 15 is 0 Å². The topological polar surface area (TPSA) is 89.9 Å². The molecular weight excluding hydrogens is 420 g/mol. The molecular formula is C27H40O6. The summed E-state index contributed by atoms with van der Waals surface area (Å²) in [7, 11) is 0. The Kier molecular flexibility index (Phi) is 6.30. The molecule has 0 radical (unpaired) electrons. The Morgan fingerprint density at radius 3 is 2.48 bits per heavy atom. The number of rotatable bonds is 5. The van der Waals surface area contributed by atoms with Gasteiger partial charge in [0.25, 0.3) is 0 Å². The Morgan fingerprint density at radius 1 is 1.15 bits per heavy atom. The normalized spacial score (nSPS) is 42.9. The van der Waals surface area contributed by atoms with Crippen molar-refractivity contribution in [2.45, 2.75) is 98.4 Å². The van der Waals surface area contributed by atoms with Crippen molar-refractivity contribution in [1.82, 2.24) is 0 Å². The monoisotopic (exact) mass is 460 g/mol. The highest BCUT2D eigenvalue weighted by molar-refractivity contribution is 5.86. The Labute approximate surface area is 197 Å². The first-order valence-corrected chi connectivity index (χ1v) is 12.6. The summed E-state index contributed by atoms with van der Waals surface area (Å²) >= 11 is 0. The molecule has 3 fully saturated rings. The van der Waals surface area contributed by atoms with Gasteiger partial charge in [-0.05, 0) is 78.9 Å². The van der Waals surface area contributed by atoms with E-state index in [0.29, 0.717) is 23.7 Å². The summed E-state index contributed by atoms with van der Waals surface area (Å²) in [6.45, 7) is 11.0. The number of fused-ring (bicyclic) bond motifs is 3. The number of carbonyl (C=O) groups is 3. The van der Waals surface area contributed by atoms with E-state index in [1.165, 1.54) is 32.3 Å². The standard InChI is InChI=1S/C27H40O6/c1-16(29)32-20(18-13-23(30)33-24(18)31)14-19-17(15-28)7-8-22-26(19,4)12-9-21-25(2,3)10-6-11-27(21,22)5/h13,15,17,19-22,24,31H,6-12,14H2,1-5H3/t17-,19-,20-,21+,22+,24-,26+,27+/m1/s1. The van der Waals surface area contributed by atoms with Crippen molar-refractivity contribution in [3.63, 3.8) is 0 Å². The smallest absolute Gasteiger partial charge is 0.333 e. The van der Waals surface area contributed by atoms with Gasteiger partial charge in [-0.2, -0.15) is 0 Å². The van der Waals surface area contributed by atoms with Crippen molar-refractivity contribution >= 4 is 18.2 Å².